The lowest BCUT2D eigenvalue weighted by atomic mass is 9.84. The van der Waals surface area contributed by atoms with Crippen molar-refractivity contribution in [2.45, 2.75) is 57.7 Å². The summed E-state index contributed by atoms with van der Waals surface area (Å²) >= 11 is 0. The molecular formula is C27H37N7O7. The van der Waals surface area contributed by atoms with Gasteiger partial charge in [-0.3, -0.25) is 25.2 Å². The number of rotatable bonds is 13. The summed E-state index contributed by atoms with van der Waals surface area (Å²) in [6, 6.07) is 9.55. The predicted octanol–water partition coefficient (Wildman–Crippen LogP) is 1.04. The van der Waals surface area contributed by atoms with Crippen molar-refractivity contribution in [1.29, 1.82) is 10.8 Å². The standard InChI is InChI=1S/C27H37N7O7/c1-26(2,3)41-21(36)10-11-27(34-25(38)39-4,13-16-6-5-7-17(12-16)22(28)29)24(37)33-15-20(35)32-14-18-8-9-19(40-18)23(30)31/h5-9,12H,10-11,13-15H2,1-4H3,(H3,28,29)(H3,30,31)(H,32,35)(H,33,37)(H,34,38). The molecule has 0 saturated heterocycles. The number of amides is 3. The Morgan fingerprint density at radius 1 is 1.00 bits per heavy atom. The number of carbonyl (C=O) groups is 4. The van der Waals surface area contributed by atoms with E-state index in [1.807, 2.05) is 0 Å². The molecule has 14 heteroatoms. The number of furan rings is 1. The minimum atomic E-state index is -1.75. The maximum atomic E-state index is 13.7. The minimum Gasteiger partial charge on any atom is -0.460 e. The zero-order valence-electron chi connectivity index (χ0n) is 23.5. The second-order valence-electron chi connectivity index (χ2n) is 10.2. The van der Waals surface area contributed by atoms with Gasteiger partial charge in [0.2, 0.25) is 11.8 Å². The molecule has 0 aliphatic rings. The molecule has 9 N–H and O–H groups in total. The molecule has 0 saturated carbocycles. The zero-order chi connectivity index (χ0) is 30.8. The first-order valence-corrected chi connectivity index (χ1v) is 12.6. The second kappa shape index (κ2) is 14.0. The molecule has 14 nitrogen and oxygen atoms in total. The number of alkyl carbamates (subject to hydrolysis) is 1. The Morgan fingerprint density at radius 3 is 2.29 bits per heavy atom. The Hall–Kier alpha value is -4.88. The number of amidine groups is 2. The van der Waals surface area contributed by atoms with Crippen LogP contribution in [0.25, 0.3) is 0 Å². The number of hydrogen-bond donors (Lipinski definition) is 7. The van der Waals surface area contributed by atoms with Crippen molar-refractivity contribution < 1.29 is 33.1 Å². The van der Waals surface area contributed by atoms with Gasteiger partial charge in [0, 0.05) is 18.4 Å². The third-order valence-corrected chi connectivity index (χ3v) is 5.68. The number of esters is 1. The maximum Gasteiger partial charge on any atom is 0.407 e. The highest BCUT2D eigenvalue weighted by molar-refractivity contribution is 5.96. The van der Waals surface area contributed by atoms with Crippen molar-refractivity contribution in [1.82, 2.24) is 16.0 Å². The highest BCUT2D eigenvalue weighted by atomic mass is 16.6. The molecule has 1 heterocycles. The fourth-order valence-electron chi connectivity index (χ4n) is 3.79. The van der Waals surface area contributed by atoms with E-state index >= 15 is 0 Å². The van der Waals surface area contributed by atoms with E-state index in [1.165, 1.54) is 6.07 Å². The Bertz CT molecular complexity index is 1300. The van der Waals surface area contributed by atoms with E-state index in [-0.39, 0.29) is 43.2 Å². The van der Waals surface area contributed by atoms with Gasteiger partial charge in [-0.15, -0.1) is 0 Å². The van der Waals surface area contributed by atoms with E-state index in [1.54, 1.807) is 51.1 Å². The summed E-state index contributed by atoms with van der Waals surface area (Å²) in [5.74, 6) is -1.88. The lowest BCUT2D eigenvalue weighted by molar-refractivity contribution is -0.155. The number of nitrogen functional groups attached to an aromatic ring is 2. The number of carbonyl (C=O) groups excluding carboxylic acids is 4. The van der Waals surface area contributed by atoms with Crippen LogP contribution >= 0.6 is 0 Å². The molecule has 0 bridgehead atoms. The molecular weight excluding hydrogens is 534 g/mol. The van der Waals surface area contributed by atoms with E-state index in [0.29, 0.717) is 16.9 Å². The van der Waals surface area contributed by atoms with Gasteiger partial charge < -0.3 is 41.3 Å². The minimum absolute atomic E-state index is 0.0238. The van der Waals surface area contributed by atoms with E-state index in [2.05, 4.69) is 16.0 Å². The molecule has 0 aliphatic heterocycles. The molecule has 0 aliphatic carbocycles. The molecule has 1 unspecified atom stereocenters. The number of methoxy groups -OCH3 is 1. The molecule has 0 radical (unpaired) electrons. The van der Waals surface area contributed by atoms with E-state index in [4.69, 9.17) is 36.2 Å². The number of benzene rings is 1. The first-order chi connectivity index (χ1) is 19.1. The van der Waals surface area contributed by atoms with Crippen LogP contribution in [0.2, 0.25) is 0 Å². The van der Waals surface area contributed by atoms with Gasteiger partial charge in [-0.05, 0) is 51.0 Å². The Balaban J connectivity index is 2.28. The lowest BCUT2D eigenvalue weighted by Gasteiger charge is -2.33. The van der Waals surface area contributed by atoms with Crippen LogP contribution in [0.5, 0.6) is 0 Å². The van der Waals surface area contributed by atoms with Gasteiger partial charge in [0.05, 0.1) is 20.2 Å². The fourth-order valence-corrected chi connectivity index (χ4v) is 3.79. The second-order valence-corrected chi connectivity index (χ2v) is 10.2. The van der Waals surface area contributed by atoms with Crippen LogP contribution in [0, 0.1) is 10.8 Å². The number of nitrogens with two attached hydrogens (primary N) is 2. The maximum absolute atomic E-state index is 13.7. The normalized spacial score (nSPS) is 12.4. The van der Waals surface area contributed by atoms with Gasteiger partial charge in [0.15, 0.2) is 11.6 Å². The molecule has 1 atom stereocenters. The molecule has 1 aromatic heterocycles. The predicted molar refractivity (Wildman–Crippen MR) is 149 cm³/mol. The third-order valence-electron chi connectivity index (χ3n) is 5.68. The molecule has 1 aromatic carbocycles. The van der Waals surface area contributed by atoms with Crippen LogP contribution < -0.4 is 27.4 Å². The third kappa shape index (κ3) is 10.3. The summed E-state index contributed by atoms with van der Waals surface area (Å²) in [6.45, 7) is 4.61. The molecule has 0 fully saturated rings. The number of hydrogen-bond acceptors (Lipinski definition) is 9. The molecule has 0 spiro atoms. The quantitative estimate of drug-likeness (QED) is 0.103. The van der Waals surface area contributed by atoms with E-state index in [9.17, 15) is 19.2 Å². The number of ether oxygens (including phenoxy) is 2. The van der Waals surface area contributed by atoms with Crippen LogP contribution in [0.1, 0.15) is 56.3 Å². The summed E-state index contributed by atoms with van der Waals surface area (Å²) in [6.07, 6.45) is -1.51. The van der Waals surface area contributed by atoms with Gasteiger partial charge in [-0.1, -0.05) is 18.2 Å². The molecule has 2 rings (SSSR count). The Kier molecular flexibility index (Phi) is 11.0. The highest BCUT2D eigenvalue weighted by Crippen LogP contribution is 2.23. The first-order valence-electron chi connectivity index (χ1n) is 12.6. The largest absolute Gasteiger partial charge is 0.460 e. The van der Waals surface area contributed by atoms with Gasteiger partial charge >= 0.3 is 12.1 Å². The summed E-state index contributed by atoms with van der Waals surface area (Å²) in [5, 5.41) is 22.7. The van der Waals surface area contributed by atoms with Gasteiger partial charge in [-0.25, -0.2) is 4.79 Å². The summed E-state index contributed by atoms with van der Waals surface area (Å²) in [7, 11) is 1.13. The Labute approximate surface area is 237 Å². The van der Waals surface area contributed by atoms with Crippen molar-refractivity contribution in [2.24, 2.45) is 11.5 Å². The SMILES string of the molecule is COC(=O)NC(CCC(=O)OC(C)(C)C)(Cc1cccc(C(=N)N)c1)C(=O)NCC(=O)NCc1ccc(C(=N)N)o1. The van der Waals surface area contributed by atoms with Crippen LogP contribution in [-0.4, -0.2) is 60.3 Å². The molecule has 41 heavy (non-hydrogen) atoms. The molecule has 3 amide bonds. The van der Waals surface area contributed by atoms with E-state index in [0.717, 1.165) is 7.11 Å². The highest BCUT2D eigenvalue weighted by Gasteiger charge is 2.41. The molecule has 222 valence electrons. The van der Waals surface area contributed by atoms with E-state index < -0.39 is 41.6 Å². The fraction of sp³-hybridized carbons (Fsp3) is 0.407. The lowest BCUT2D eigenvalue weighted by Crippen LogP contribution is -2.61. The molecule has 2 aromatic rings. The monoisotopic (exact) mass is 571 g/mol. The van der Waals surface area contributed by atoms with Crippen molar-refractivity contribution in [3.05, 3.63) is 59.0 Å². The summed E-state index contributed by atoms with van der Waals surface area (Å²) < 4.78 is 15.5. The number of nitrogens with one attached hydrogen (secondary N) is 5. The van der Waals surface area contributed by atoms with Crippen molar-refractivity contribution in [3.8, 4) is 0 Å². The summed E-state index contributed by atoms with van der Waals surface area (Å²) in [5.41, 5.74) is 9.38. The van der Waals surface area contributed by atoms with Gasteiger partial charge in [0.1, 0.15) is 22.7 Å². The van der Waals surface area contributed by atoms with Crippen LogP contribution in [-0.2, 0) is 36.8 Å². The van der Waals surface area contributed by atoms with Crippen molar-refractivity contribution in [2.75, 3.05) is 13.7 Å². The Morgan fingerprint density at radius 2 is 1.71 bits per heavy atom. The first kappa shape index (κ1) is 32.3. The van der Waals surface area contributed by atoms with Gasteiger partial charge in [0.25, 0.3) is 0 Å². The average Bonchev–Trinajstić information content (AvgIpc) is 3.38. The zero-order valence-corrected chi connectivity index (χ0v) is 23.5. The van der Waals surface area contributed by atoms with Crippen LogP contribution in [0.3, 0.4) is 0 Å². The topological polar surface area (TPSA) is 236 Å². The summed E-state index contributed by atoms with van der Waals surface area (Å²) in [4.78, 5) is 51.2. The van der Waals surface area contributed by atoms with Crippen LogP contribution in [0.15, 0.2) is 40.8 Å². The van der Waals surface area contributed by atoms with Crippen LogP contribution in [0.4, 0.5) is 4.79 Å². The smallest absolute Gasteiger partial charge is 0.407 e. The van der Waals surface area contributed by atoms with Crippen molar-refractivity contribution >= 4 is 35.5 Å². The average molecular weight is 572 g/mol. The van der Waals surface area contributed by atoms with Gasteiger partial charge in [-0.2, -0.15) is 0 Å². The van der Waals surface area contributed by atoms with Crippen molar-refractivity contribution in [3.63, 3.8) is 0 Å².